The third-order valence-electron chi connectivity index (χ3n) is 1.80. The predicted octanol–water partition coefficient (Wildman–Crippen LogP) is 2.22. The lowest BCUT2D eigenvalue weighted by Gasteiger charge is -2.28. The molecule has 0 fully saturated rings. The zero-order chi connectivity index (χ0) is 7.68. The van der Waals surface area contributed by atoms with E-state index in [4.69, 9.17) is 5.73 Å². The predicted molar refractivity (Wildman–Crippen MR) is 45.5 cm³/mol. The van der Waals surface area contributed by atoms with Crippen molar-refractivity contribution < 1.29 is 0 Å². The topological polar surface area (TPSA) is 40.1 Å². The van der Waals surface area contributed by atoms with Crippen LogP contribution in [0.4, 0.5) is 5.69 Å². The molecule has 0 saturated carbocycles. The molecule has 0 bridgehead atoms. The summed E-state index contributed by atoms with van der Waals surface area (Å²) in [6.45, 7) is 0. The number of hydrogen-bond acceptors (Lipinski definition) is 1. The van der Waals surface area contributed by atoms with E-state index in [2.05, 4.69) is 5.32 Å². The molecule has 1 unspecified atom stereocenters. The van der Waals surface area contributed by atoms with Gasteiger partial charge in [-0.15, -0.1) is 5.69 Å². The second kappa shape index (κ2) is 2.40. The average molecular weight is 145 g/mol. The Morgan fingerprint density at radius 1 is 1.27 bits per heavy atom. The molecule has 1 aliphatic rings. The summed E-state index contributed by atoms with van der Waals surface area (Å²) < 4.78 is 0. The van der Waals surface area contributed by atoms with Gasteiger partial charge in [0.25, 0.3) is 0 Å². The van der Waals surface area contributed by atoms with Gasteiger partial charge >= 0.3 is 0 Å². The molecular weight excluding hydrogens is 136 g/mol. The molecule has 0 aliphatic carbocycles. The maximum Gasteiger partial charge on any atom is 0.0454 e. The summed E-state index contributed by atoms with van der Waals surface area (Å²) in [5.41, 5.74) is 7.89. The van der Waals surface area contributed by atoms with Gasteiger partial charge in [0.15, 0.2) is 0 Å². The molecule has 1 aliphatic heterocycles. The van der Waals surface area contributed by atoms with Crippen molar-refractivity contribution in [3.05, 3.63) is 47.4 Å². The monoisotopic (exact) mass is 145 g/mol. The van der Waals surface area contributed by atoms with Gasteiger partial charge in [0.2, 0.25) is 0 Å². The van der Waals surface area contributed by atoms with Crippen LogP contribution in [0, 0.1) is 0 Å². The Morgan fingerprint density at radius 2 is 2.09 bits per heavy atom. The van der Waals surface area contributed by atoms with Gasteiger partial charge in [0.1, 0.15) is 0 Å². The highest BCUT2D eigenvalue weighted by atomic mass is 14.9. The van der Waals surface area contributed by atoms with Crippen LogP contribution in [-0.2, 0) is 0 Å². The SMILES string of the molecule is NC1C=C[N-]c2ccccc21. The van der Waals surface area contributed by atoms with Gasteiger partial charge in [0, 0.05) is 6.04 Å². The van der Waals surface area contributed by atoms with Crippen LogP contribution >= 0.6 is 0 Å². The highest BCUT2D eigenvalue weighted by Gasteiger charge is 2.03. The van der Waals surface area contributed by atoms with Crippen molar-refractivity contribution in [1.82, 2.24) is 0 Å². The fourth-order valence-corrected chi connectivity index (χ4v) is 1.21. The molecule has 2 N–H and O–H groups in total. The van der Waals surface area contributed by atoms with Crippen molar-refractivity contribution in [3.8, 4) is 0 Å². The minimum Gasteiger partial charge on any atom is -0.664 e. The Bertz CT molecular complexity index is 291. The highest BCUT2D eigenvalue weighted by molar-refractivity contribution is 5.62. The summed E-state index contributed by atoms with van der Waals surface area (Å²) >= 11 is 0. The number of para-hydroxylation sites is 1. The van der Waals surface area contributed by atoms with Crippen molar-refractivity contribution >= 4 is 5.69 Å². The van der Waals surface area contributed by atoms with Crippen molar-refractivity contribution in [2.24, 2.45) is 5.73 Å². The fraction of sp³-hybridized carbons (Fsp3) is 0.111. The summed E-state index contributed by atoms with van der Waals surface area (Å²) in [7, 11) is 0. The summed E-state index contributed by atoms with van der Waals surface area (Å²) in [4.78, 5) is 0. The molecule has 1 heterocycles. The standard InChI is InChI=1S/C9H9N2/c10-8-5-6-11-9-4-2-1-3-7(8)9/h1-6,8H,10H2/q-1. The summed E-state index contributed by atoms with van der Waals surface area (Å²) in [6.07, 6.45) is 3.65. The summed E-state index contributed by atoms with van der Waals surface area (Å²) in [6, 6.07) is 7.94. The third kappa shape index (κ3) is 1.01. The van der Waals surface area contributed by atoms with Crippen molar-refractivity contribution in [1.29, 1.82) is 0 Å². The first-order valence-corrected chi connectivity index (χ1v) is 3.60. The van der Waals surface area contributed by atoms with Crippen LogP contribution in [0.5, 0.6) is 0 Å². The summed E-state index contributed by atoms with van der Waals surface area (Å²) in [5.74, 6) is 0. The number of nitrogens with zero attached hydrogens (tertiary/aromatic N) is 1. The molecule has 2 heteroatoms. The maximum absolute atomic E-state index is 5.80. The molecule has 56 valence electrons. The number of hydrogen-bond donors (Lipinski definition) is 1. The number of nitrogens with two attached hydrogens (primary N) is 1. The van der Waals surface area contributed by atoms with E-state index in [0.717, 1.165) is 11.3 Å². The normalized spacial score (nSPS) is 20.6. The van der Waals surface area contributed by atoms with Gasteiger partial charge in [-0.3, -0.25) is 0 Å². The summed E-state index contributed by atoms with van der Waals surface area (Å²) in [5, 5.41) is 4.18. The second-order valence-corrected chi connectivity index (χ2v) is 2.56. The van der Waals surface area contributed by atoms with Crippen LogP contribution in [-0.4, -0.2) is 0 Å². The van der Waals surface area contributed by atoms with Crippen LogP contribution in [0.2, 0.25) is 0 Å². The maximum atomic E-state index is 5.80. The van der Waals surface area contributed by atoms with Gasteiger partial charge in [-0.1, -0.05) is 30.3 Å². The van der Waals surface area contributed by atoms with E-state index in [1.807, 2.05) is 30.3 Å². The molecule has 0 spiro atoms. The van der Waals surface area contributed by atoms with Gasteiger partial charge in [-0.25, -0.2) is 0 Å². The Kier molecular flexibility index (Phi) is 1.40. The fourth-order valence-electron chi connectivity index (χ4n) is 1.21. The van der Waals surface area contributed by atoms with Crippen LogP contribution in [0.25, 0.3) is 5.32 Å². The molecule has 1 aromatic carbocycles. The lowest BCUT2D eigenvalue weighted by atomic mass is 10.0. The van der Waals surface area contributed by atoms with Gasteiger partial charge in [-0.05, 0) is 5.56 Å². The van der Waals surface area contributed by atoms with E-state index >= 15 is 0 Å². The number of benzene rings is 1. The van der Waals surface area contributed by atoms with Crippen LogP contribution in [0.15, 0.2) is 36.5 Å². The molecule has 2 rings (SSSR count). The highest BCUT2D eigenvalue weighted by Crippen LogP contribution is 2.32. The molecule has 2 nitrogen and oxygen atoms in total. The molecular formula is C9H9N2-. The number of rotatable bonds is 0. The van der Waals surface area contributed by atoms with Crippen molar-refractivity contribution in [3.63, 3.8) is 0 Å². The first-order chi connectivity index (χ1) is 5.38. The molecule has 1 atom stereocenters. The quantitative estimate of drug-likeness (QED) is 0.597. The molecule has 0 aromatic heterocycles. The first-order valence-electron chi connectivity index (χ1n) is 3.60. The van der Waals surface area contributed by atoms with E-state index in [1.165, 1.54) is 0 Å². The van der Waals surface area contributed by atoms with E-state index in [0.29, 0.717) is 0 Å². The van der Waals surface area contributed by atoms with Crippen molar-refractivity contribution in [2.45, 2.75) is 6.04 Å². The molecule has 11 heavy (non-hydrogen) atoms. The van der Waals surface area contributed by atoms with Gasteiger partial charge in [-0.2, -0.15) is 6.20 Å². The van der Waals surface area contributed by atoms with E-state index in [9.17, 15) is 0 Å². The zero-order valence-electron chi connectivity index (χ0n) is 6.07. The lowest BCUT2D eigenvalue weighted by Crippen LogP contribution is -2.08. The first kappa shape index (κ1) is 6.43. The van der Waals surface area contributed by atoms with E-state index in [-0.39, 0.29) is 6.04 Å². The minimum absolute atomic E-state index is 0.0173. The second-order valence-electron chi connectivity index (χ2n) is 2.56. The third-order valence-corrected chi connectivity index (χ3v) is 1.80. The van der Waals surface area contributed by atoms with Crippen LogP contribution in [0.3, 0.4) is 0 Å². The van der Waals surface area contributed by atoms with Crippen molar-refractivity contribution in [2.75, 3.05) is 0 Å². The Labute approximate surface area is 65.7 Å². The van der Waals surface area contributed by atoms with Gasteiger partial charge in [0.05, 0.1) is 0 Å². The Morgan fingerprint density at radius 3 is 2.91 bits per heavy atom. The zero-order valence-corrected chi connectivity index (χ0v) is 6.07. The van der Waals surface area contributed by atoms with Crippen LogP contribution < -0.4 is 5.73 Å². The Balaban J connectivity index is 2.50. The minimum atomic E-state index is 0.0173. The number of fused-ring (bicyclic) bond motifs is 1. The largest absolute Gasteiger partial charge is 0.664 e. The average Bonchev–Trinajstić information content (AvgIpc) is 2.06. The van der Waals surface area contributed by atoms with E-state index in [1.54, 1.807) is 6.20 Å². The van der Waals surface area contributed by atoms with Crippen LogP contribution in [0.1, 0.15) is 11.6 Å². The molecule has 1 aromatic rings. The van der Waals surface area contributed by atoms with Gasteiger partial charge < -0.3 is 11.1 Å². The molecule has 0 radical (unpaired) electrons. The smallest absolute Gasteiger partial charge is 0.0454 e. The molecule has 0 saturated heterocycles. The Hall–Kier alpha value is -1.28. The molecule has 0 amide bonds. The van der Waals surface area contributed by atoms with E-state index < -0.39 is 0 Å². The lowest BCUT2D eigenvalue weighted by molar-refractivity contribution is 0.905.